The van der Waals surface area contributed by atoms with E-state index in [9.17, 15) is 0 Å². The third kappa shape index (κ3) is 3.72. The third-order valence-electron chi connectivity index (χ3n) is 4.65. The Labute approximate surface area is 165 Å². The summed E-state index contributed by atoms with van der Waals surface area (Å²) >= 11 is 0. The zero-order chi connectivity index (χ0) is 19.3. The number of rotatable bonds is 7. The van der Waals surface area contributed by atoms with Crippen LogP contribution in [0.25, 0.3) is 22.4 Å². The van der Waals surface area contributed by atoms with Crippen molar-refractivity contribution >= 4 is 11.0 Å². The van der Waals surface area contributed by atoms with Crippen molar-refractivity contribution in [3.8, 4) is 22.9 Å². The second-order valence-corrected chi connectivity index (χ2v) is 6.67. The minimum atomic E-state index is 0.531. The highest BCUT2D eigenvalue weighted by atomic mass is 16.5. The molecular formula is C24H24N2O2. The zero-order valence-electron chi connectivity index (χ0n) is 16.3. The first-order chi connectivity index (χ1) is 13.8. The van der Waals surface area contributed by atoms with Crippen LogP contribution >= 0.6 is 0 Å². The van der Waals surface area contributed by atoms with Gasteiger partial charge in [-0.15, -0.1) is 0 Å². The van der Waals surface area contributed by atoms with E-state index in [2.05, 4.69) is 47.9 Å². The molecule has 0 unspecified atom stereocenters. The van der Waals surface area contributed by atoms with Gasteiger partial charge in [-0.3, -0.25) is 0 Å². The number of hydrogen-bond donors (Lipinski definition) is 0. The maximum Gasteiger partial charge on any atom is 0.161 e. The van der Waals surface area contributed by atoms with Gasteiger partial charge < -0.3 is 14.0 Å². The first kappa shape index (κ1) is 18.1. The summed E-state index contributed by atoms with van der Waals surface area (Å²) < 4.78 is 13.9. The minimum Gasteiger partial charge on any atom is -0.490 e. The fourth-order valence-electron chi connectivity index (χ4n) is 3.40. The monoisotopic (exact) mass is 372 g/mol. The lowest BCUT2D eigenvalue weighted by atomic mass is 10.1. The van der Waals surface area contributed by atoms with E-state index < -0.39 is 0 Å². The lowest BCUT2D eigenvalue weighted by Crippen LogP contribution is -2.10. The van der Waals surface area contributed by atoms with Crippen molar-refractivity contribution in [3.05, 3.63) is 78.4 Å². The predicted molar refractivity (Wildman–Crippen MR) is 113 cm³/mol. The molecule has 4 rings (SSSR count). The van der Waals surface area contributed by atoms with Gasteiger partial charge >= 0.3 is 0 Å². The number of nitrogens with zero attached hydrogens (tertiary/aromatic N) is 2. The van der Waals surface area contributed by atoms with Crippen molar-refractivity contribution in [1.29, 1.82) is 0 Å². The molecule has 142 valence electrons. The van der Waals surface area contributed by atoms with Gasteiger partial charge in [0, 0.05) is 5.56 Å². The molecule has 0 saturated carbocycles. The number of ether oxygens (including phenoxy) is 2. The summed E-state index contributed by atoms with van der Waals surface area (Å²) in [5.74, 6) is 2.51. The lowest BCUT2D eigenvalue weighted by molar-refractivity contribution is 0.268. The number of imidazole rings is 1. The lowest BCUT2D eigenvalue weighted by Gasteiger charge is -2.13. The molecule has 0 fully saturated rings. The van der Waals surface area contributed by atoms with Crippen LogP contribution in [0.15, 0.2) is 72.8 Å². The average Bonchev–Trinajstić information content (AvgIpc) is 3.08. The number of para-hydroxylation sites is 4. The van der Waals surface area contributed by atoms with Gasteiger partial charge in [0.1, 0.15) is 12.4 Å². The fraction of sp³-hybridized carbons (Fsp3) is 0.208. The van der Waals surface area contributed by atoms with E-state index in [4.69, 9.17) is 14.5 Å². The Morgan fingerprint density at radius 2 is 1.61 bits per heavy atom. The van der Waals surface area contributed by atoms with Crippen molar-refractivity contribution < 1.29 is 9.47 Å². The molecule has 0 atom stereocenters. The van der Waals surface area contributed by atoms with E-state index in [-0.39, 0.29) is 0 Å². The second-order valence-electron chi connectivity index (χ2n) is 6.67. The molecule has 1 heterocycles. The largest absolute Gasteiger partial charge is 0.490 e. The molecule has 0 aliphatic heterocycles. The second kappa shape index (κ2) is 8.17. The summed E-state index contributed by atoms with van der Waals surface area (Å²) in [7, 11) is 0. The van der Waals surface area contributed by atoms with Gasteiger partial charge in [0.05, 0.1) is 24.2 Å². The molecule has 4 aromatic rings. The van der Waals surface area contributed by atoms with E-state index in [0.717, 1.165) is 33.9 Å². The summed E-state index contributed by atoms with van der Waals surface area (Å²) in [4.78, 5) is 4.88. The molecule has 0 aliphatic rings. The van der Waals surface area contributed by atoms with Crippen molar-refractivity contribution in [1.82, 2.24) is 9.55 Å². The van der Waals surface area contributed by atoms with Crippen molar-refractivity contribution in [2.45, 2.75) is 20.4 Å². The molecule has 4 nitrogen and oxygen atoms in total. The standard InChI is InChI=1S/C24H24N2O2/c1-3-27-22-13-6-7-14-23(22)28-16-15-26-21-12-5-4-11-20(21)25-24(26)19-10-8-9-18(2)17-19/h4-14,17H,3,15-16H2,1-2H3. The molecule has 1 aromatic heterocycles. The van der Waals surface area contributed by atoms with Crippen LogP contribution < -0.4 is 9.47 Å². The van der Waals surface area contributed by atoms with E-state index in [1.54, 1.807) is 0 Å². The molecule has 0 bridgehead atoms. The molecule has 0 N–H and O–H groups in total. The highest BCUT2D eigenvalue weighted by molar-refractivity contribution is 5.80. The van der Waals surface area contributed by atoms with Crippen LogP contribution in [0.3, 0.4) is 0 Å². The van der Waals surface area contributed by atoms with Crippen LogP contribution in [0.2, 0.25) is 0 Å². The smallest absolute Gasteiger partial charge is 0.161 e. The average molecular weight is 372 g/mol. The first-order valence-corrected chi connectivity index (χ1v) is 9.63. The van der Waals surface area contributed by atoms with Crippen LogP contribution in [0.4, 0.5) is 0 Å². The highest BCUT2D eigenvalue weighted by Crippen LogP contribution is 2.28. The normalized spacial score (nSPS) is 10.9. The molecule has 0 amide bonds. The van der Waals surface area contributed by atoms with Crippen LogP contribution in [-0.2, 0) is 6.54 Å². The van der Waals surface area contributed by atoms with E-state index in [1.165, 1.54) is 5.56 Å². The Hall–Kier alpha value is -3.27. The summed E-state index contributed by atoms with van der Waals surface area (Å²) in [5.41, 5.74) is 4.44. The van der Waals surface area contributed by atoms with Crippen molar-refractivity contribution in [3.63, 3.8) is 0 Å². The van der Waals surface area contributed by atoms with E-state index >= 15 is 0 Å². The number of hydrogen-bond acceptors (Lipinski definition) is 3. The van der Waals surface area contributed by atoms with Gasteiger partial charge in [-0.25, -0.2) is 4.98 Å². The number of aromatic nitrogens is 2. The van der Waals surface area contributed by atoms with Crippen molar-refractivity contribution in [2.24, 2.45) is 0 Å². The number of benzene rings is 3. The predicted octanol–water partition coefficient (Wildman–Crippen LogP) is 5.49. The molecule has 0 spiro atoms. The summed E-state index contributed by atoms with van der Waals surface area (Å²) in [5, 5.41) is 0. The van der Waals surface area contributed by atoms with Crippen LogP contribution in [0.5, 0.6) is 11.5 Å². The van der Waals surface area contributed by atoms with Gasteiger partial charge in [-0.1, -0.05) is 48.0 Å². The Morgan fingerprint density at radius 1 is 0.857 bits per heavy atom. The molecule has 28 heavy (non-hydrogen) atoms. The molecular weight excluding hydrogens is 348 g/mol. The molecule has 0 saturated heterocycles. The summed E-state index contributed by atoms with van der Waals surface area (Å²) in [6.07, 6.45) is 0. The van der Waals surface area contributed by atoms with Crippen LogP contribution in [-0.4, -0.2) is 22.8 Å². The van der Waals surface area contributed by atoms with E-state index in [0.29, 0.717) is 19.8 Å². The number of aryl methyl sites for hydroxylation is 1. The third-order valence-corrected chi connectivity index (χ3v) is 4.65. The zero-order valence-corrected chi connectivity index (χ0v) is 16.3. The number of fused-ring (bicyclic) bond motifs is 1. The highest BCUT2D eigenvalue weighted by Gasteiger charge is 2.13. The quantitative estimate of drug-likeness (QED) is 0.430. The summed E-state index contributed by atoms with van der Waals surface area (Å²) in [6, 6.07) is 24.5. The van der Waals surface area contributed by atoms with Gasteiger partial charge in [0.15, 0.2) is 11.5 Å². The molecule has 3 aromatic carbocycles. The fourth-order valence-corrected chi connectivity index (χ4v) is 3.40. The van der Waals surface area contributed by atoms with Gasteiger partial charge in [0.2, 0.25) is 0 Å². The Balaban J connectivity index is 1.62. The van der Waals surface area contributed by atoms with Crippen LogP contribution in [0, 0.1) is 6.92 Å². The van der Waals surface area contributed by atoms with E-state index in [1.807, 2.05) is 43.3 Å². The summed E-state index contributed by atoms with van der Waals surface area (Å²) in [6.45, 7) is 5.92. The Morgan fingerprint density at radius 3 is 2.39 bits per heavy atom. The molecule has 0 aliphatic carbocycles. The molecule has 4 heteroatoms. The SMILES string of the molecule is CCOc1ccccc1OCCn1c(-c2cccc(C)c2)nc2ccccc21. The van der Waals surface area contributed by atoms with Gasteiger partial charge in [0.25, 0.3) is 0 Å². The maximum atomic E-state index is 6.05. The molecule has 0 radical (unpaired) electrons. The first-order valence-electron chi connectivity index (χ1n) is 9.63. The Kier molecular flexibility index (Phi) is 5.29. The maximum absolute atomic E-state index is 6.05. The van der Waals surface area contributed by atoms with Gasteiger partial charge in [-0.05, 0) is 44.2 Å². The topological polar surface area (TPSA) is 36.3 Å². The van der Waals surface area contributed by atoms with Gasteiger partial charge in [-0.2, -0.15) is 0 Å². The van der Waals surface area contributed by atoms with Crippen LogP contribution in [0.1, 0.15) is 12.5 Å². The minimum absolute atomic E-state index is 0.531. The van der Waals surface area contributed by atoms with Crippen molar-refractivity contribution in [2.75, 3.05) is 13.2 Å². The Bertz CT molecular complexity index is 1080.